The van der Waals surface area contributed by atoms with E-state index in [0.29, 0.717) is 30.1 Å². The fourth-order valence-electron chi connectivity index (χ4n) is 4.69. The van der Waals surface area contributed by atoms with E-state index in [1.807, 2.05) is 48.2 Å². The number of piperazine rings is 1. The van der Waals surface area contributed by atoms with E-state index in [1.165, 1.54) is 12.1 Å². The summed E-state index contributed by atoms with van der Waals surface area (Å²) in [6, 6.07) is 13.8. The van der Waals surface area contributed by atoms with Crippen molar-refractivity contribution < 1.29 is 9.18 Å². The Labute approximate surface area is 209 Å². The van der Waals surface area contributed by atoms with E-state index in [2.05, 4.69) is 9.80 Å². The maximum atomic E-state index is 13.3. The first-order valence-corrected chi connectivity index (χ1v) is 12.1. The molecule has 35 heavy (non-hydrogen) atoms. The zero-order valence-electron chi connectivity index (χ0n) is 19.9. The average Bonchev–Trinajstić information content (AvgIpc) is 2.88. The van der Waals surface area contributed by atoms with Gasteiger partial charge in [-0.15, -0.1) is 0 Å². The molecule has 3 aromatic rings. The maximum absolute atomic E-state index is 13.3. The summed E-state index contributed by atoms with van der Waals surface area (Å²) in [4.78, 5) is 31.2. The number of rotatable bonds is 4. The fourth-order valence-corrected chi connectivity index (χ4v) is 4.91. The average molecular weight is 495 g/mol. The van der Waals surface area contributed by atoms with Crippen molar-refractivity contribution in [3.8, 4) is 0 Å². The number of benzene rings is 2. The van der Waals surface area contributed by atoms with E-state index >= 15 is 0 Å². The first-order valence-electron chi connectivity index (χ1n) is 11.8. The number of carbonyl (C=O) groups excluding carboxylic acids is 1. The van der Waals surface area contributed by atoms with Gasteiger partial charge >= 0.3 is 0 Å². The highest BCUT2D eigenvalue weighted by atomic mass is 35.5. The molecular formula is C26H28ClFN6O. The minimum atomic E-state index is -0.224. The number of hydrogen-bond donors (Lipinski definition) is 0. The summed E-state index contributed by atoms with van der Waals surface area (Å²) in [6.07, 6.45) is 0.664. The van der Waals surface area contributed by atoms with Crippen LogP contribution in [0.15, 0.2) is 48.5 Å². The van der Waals surface area contributed by atoms with Crippen molar-refractivity contribution in [3.05, 3.63) is 76.2 Å². The van der Waals surface area contributed by atoms with Crippen LogP contribution in [-0.4, -0.2) is 67.6 Å². The summed E-state index contributed by atoms with van der Waals surface area (Å²) < 4.78 is 13.3. The lowest BCUT2D eigenvalue weighted by Gasteiger charge is -2.37. The molecule has 0 unspecified atom stereocenters. The lowest BCUT2D eigenvalue weighted by Crippen LogP contribution is -2.47. The number of aromatic nitrogens is 2. The fraction of sp³-hybridized carbons (Fsp3) is 0.346. The largest absolute Gasteiger partial charge is 0.368 e. The summed E-state index contributed by atoms with van der Waals surface area (Å²) in [5, 5.41) is 0.461. The molecule has 0 radical (unpaired) electrons. The molecule has 3 heterocycles. The zero-order chi connectivity index (χ0) is 24.5. The Morgan fingerprint density at radius 3 is 2.31 bits per heavy atom. The van der Waals surface area contributed by atoms with Crippen molar-refractivity contribution in [2.45, 2.75) is 13.0 Å². The topological polar surface area (TPSA) is 55.8 Å². The quantitative estimate of drug-likeness (QED) is 0.549. The second kappa shape index (κ2) is 9.70. The number of hydrogen-bond acceptors (Lipinski definition) is 6. The van der Waals surface area contributed by atoms with E-state index in [0.717, 1.165) is 54.9 Å². The molecule has 182 valence electrons. The van der Waals surface area contributed by atoms with Gasteiger partial charge in [-0.05, 0) is 36.4 Å². The Morgan fingerprint density at radius 1 is 0.943 bits per heavy atom. The molecule has 0 saturated carbocycles. The monoisotopic (exact) mass is 494 g/mol. The second-order valence-electron chi connectivity index (χ2n) is 9.07. The van der Waals surface area contributed by atoms with Gasteiger partial charge in [-0.1, -0.05) is 23.7 Å². The van der Waals surface area contributed by atoms with Crippen LogP contribution in [0.1, 0.15) is 21.6 Å². The lowest BCUT2D eigenvalue weighted by atomic mass is 10.0. The summed E-state index contributed by atoms with van der Waals surface area (Å²) >= 11 is 6.28. The number of fused-ring (bicyclic) bond motifs is 1. The van der Waals surface area contributed by atoms with Crippen molar-refractivity contribution in [1.82, 2.24) is 14.9 Å². The number of anilines is 3. The van der Waals surface area contributed by atoms with Gasteiger partial charge in [0.05, 0.1) is 22.8 Å². The van der Waals surface area contributed by atoms with Crippen molar-refractivity contribution in [2.24, 2.45) is 0 Å². The molecule has 0 atom stereocenters. The Morgan fingerprint density at radius 2 is 1.63 bits per heavy atom. The summed E-state index contributed by atoms with van der Waals surface area (Å²) in [6.45, 7) is 4.21. The molecular weight excluding hydrogens is 467 g/mol. The van der Waals surface area contributed by atoms with Crippen LogP contribution in [0.3, 0.4) is 0 Å². The van der Waals surface area contributed by atoms with Crippen LogP contribution in [0, 0.1) is 5.82 Å². The molecule has 0 N–H and O–H groups in total. The number of nitrogens with zero attached hydrogens (tertiary/aromatic N) is 6. The molecule has 7 nitrogen and oxygen atoms in total. The molecule has 2 aliphatic heterocycles. The molecule has 5 rings (SSSR count). The Hall–Kier alpha value is -3.39. The SMILES string of the molecule is CN(C)c1nc(N2CCN(c3ccc(F)cc3)CC2)nc2c1CN(C(=O)c1ccccc1Cl)CC2. The van der Waals surface area contributed by atoms with Gasteiger partial charge in [0.25, 0.3) is 5.91 Å². The van der Waals surface area contributed by atoms with Crippen LogP contribution >= 0.6 is 11.6 Å². The minimum absolute atomic E-state index is 0.0769. The van der Waals surface area contributed by atoms with E-state index in [1.54, 1.807) is 12.1 Å². The molecule has 2 aliphatic rings. The first-order chi connectivity index (χ1) is 16.9. The van der Waals surface area contributed by atoms with Gasteiger partial charge in [-0.3, -0.25) is 4.79 Å². The van der Waals surface area contributed by atoms with Gasteiger partial charge in [-0.2, -0.15) is 4.98 Å². The third-order valence-corrected chi connectivity index (χ3v) is 6.93. The van der Waals surface area contributed by atoms with Gasteiger partial charge in [0.1, 0.15) is 11.6 Å². The van der Waals surface area contributed by atoms with Gasteiger partial charge in [0.15, 0.2) is 0 Å². The maximum Gasteiger partial charge on any atom is 0.255 e. The van der Waals surface area contributed by atoms with E-state index < -0.39 is 0 Å². The van der Waals surface area contributed by atoms with Crippen LogP contribution in [0.4, 0.5) is 21.8 Å². The second-order valence-corrected chi connectivity index (χ2v) is 9.48. The highest BCUT2D eigenvalue weighted by molar-refractivity contribution is 6.33. The predicted octanol–water partition coefficient (Wildman–Crippen LogP) is 3.86. The van der Waals surface area contributed by atoms with Gasteiger partial charge in [-0.25, -0.2) is 9.37 Å². The lowest BCUT2D eigenvalue weighted by molar-refractivity contribution is 0.0734. The third-order valence-electron chi connectivity index (χ3n) is 6.60. The molecule has 1 fully saturated rings. The van der Waals surface area contributed by atoms with Crippen molar-refractivity contribution in [3.63, 3.8) is 0 Å². The predicted molar refractivity (Wildman–Crippen MR) is 137 cm³/mol. The third kappa shape index (κ3) is 4.75. The van der Waals surface area contributed by atoms with E-state index in [9.17, 15) is 9.18 Å². The molecule has 2 aromatic carbocycles. The van der Waals surface area contributed by atoms with Crippen molar-refractivity contribution in [2.75, 3.05) is 61.5 Å². The van der Waals surface area contributed by atoms with E-state index in [-0.39, 0.29) is 11.7 Å². The number of halogens is 2. The van der Waals surface area contributed by atoms with Crippen LogP contribution in [0.2, 0.25) is 5.02 Å². The first kappa shape index (κ1) is 23.4. The van der Waals surface area contributed by atoms with Crippen molar-refractivity contribution >= 4 is 35.0 Å². The smallest absolute Gasteiger partial charge is 0.255 e. The summed E-state index contributed by atoms with van der Waals surface area (Å²) in [7, 11) is 3.93. The highest BCUT2D eigenvalue weighted by Crippen LogP contribution is 2.30. The van der Waals surface area contributed by atoms with Crippen molar-refractivity contribution in [1.29, 1.82) is 0 Å². The normalized spacial score (nSPS) is 15.7. The molecule has 0 bridgehead atoms. The Balaban J connectivity index is 1.34. The van der Waals surface area contributed by atoms with E-state index in [4.69, 9.17) is 21.6 Å². The molecule has 1 aromatic heterocycles. The van der Waals surface area contributed by atoms with Gasteiger partial charge in [0.2, 0.25) is 5.95 Å². The Kier molecular flexibility index (Phi) is 6.47. The van der Waals surface area contributed by atoms with Gasteiger partial charge in [0, 0.05) is 64.5 Å². The van der Waals surface area contributed by atoms with Crippen LogP contribution < -0.4 is 14.7 Å². The standard InChI is InChI=1S/C26H28ClFN6O/c1-31(2)24-21-17-34(25(35)20-5-3-4-6-22(20)27)12-11-23(21)29-26(30-24)33-15-13-32(14-16-33)19-9-7-18(28)8-10-19/h3-10H,11-17H2,1-2H3. The Bertz CT molecular complexity index is 1230. The molecule has 1 saturated heterocycles. The zero-order valence-corrected chi connectivity index (χ0v) is 20.7. The molecule has 0 spiro atoms. The molecule has 0 aliphatic carbocycles. The van der Waals surface area contributed by atoms with Crippen LogP contribution in [0.5, 0.6) is 0 Å². The minimum Gasteiger partial charge on any atom is -0.368 e. The molecule has 9 heteroatoms. The number of carbonyl (C=O) groups is 1. The number of amides is 1. The highest BCUT2D eigenvalue weighted by Gasteiger charge is 2.29. The molecule has 1 amide bonds. The van der Waals surface area contributed by atoms with Crippen LogP contribution in [-0.2, 0) is 13.0 Å². The van der Waals surface area contributed by atoms with Gasteiger partial charge < -0.3 is 19.6 Å². The summed E-state index contributed by atoms with van der Waals surface area (Å²) in [5.41, 5.74) is 3.51. The summed E-state index contributed by atoms with van der Waals surface area (Å²) in [5.74, 6) is 1.25. The van der Waals surface area contributed by atoms with Crippen LogP contribution in [0.25, 0.3) is 0 Å².